The van der Waals surface area contributed by atoms with Crippen LogP contribution in [0.2, 0.25) is 0 Å². The molecule has 0 amide bonds. The third-order valence-electron chi connectivity index (χ3n) is 8.81. The maximum Gasteiger partial charge on any atom is 0.466 e. The standard InChI is InChI=1S/C21H32O3.H3O4P/c1-12(22)16-6-7-17-15-5-4-13-10-14(23)8-9-20(13,2)19(15)18(24)11-21(16,17)3;1-5(2,3)4/h13-17,19,23H,4-11H2,1-3H3;(H3,1,2,3,4)/t13-,14+,15-,16+,17-,19+,20-,21+;/m0./s1. The lowest BCUT2D eigenvalue weighted by Crippen LogP contribution is -2.58. The Morgan fingerprint density at radius 3 is 2.24 bits per heavy atom. The van der Waals surface area contributed by atoms with Crippen LogP contribution in [0.25, 0.3) is 0 Å². The van der Waals surface area contributed by atoms with Crippen LogP contribution in [0.5, 0.6) is 0 Å². The molecule has 0 saturated heterocycles. The van der Waals surface area contributed by atoms with E-state index in [1.807, 2.05) is 0 Å². The molecular weight excluding hydrogens is 395 g/mol. The minimum absolute atomic E-state index is 0.0782. The van der Waals surface area contributed by atoms with Crippen LogP contribution in [0.15, 0.2) is 0 Å². The number of hydrogen-bond acceptors (Lipinski definition) is 4. The van der Waals surface area contributed by atoms with Crippen molar-refractivity contribution >= 4 is 19.4 Å². The highest BCUT2D eigenvalue weighted by Gasteiger charge is 2.63. The van der Waals surface area contributed by atoms with Crippen molar-refractivity contribution in [2.24, 2.45) is 40.4 Å². The molecule has 8 heteroatoms. The molecule has 0 spiro atoms. The maximum atomic E-state index is 13.3. The SMILES string of the molecule is CC(=O)[C@H]1CC[C@H]2[C@@H]3CC[C@H]4C[C@H](O)CC[C@]4(C)[C@H]3C(=O)C[C@]12C.O=P(O)(O)O. The van der Waals surface area contributed by atoms with Gasteiger partial charge in [0.1, 0.15) is 11.6 Å². The number of phosphoric acid groups is 1. The first-order chi connectivity index (χ1) is 13.3. The van der Waals surface area contributed by atoms with Gasteiger partial charge in [-0.3, -0.25) is 9.59 Å². The number of carbonyl (C=O) groups excluding carboxylic acids is 2. The quantitative estimate of drug-likeness (QED) is 0.470. The van der Waals surface area contributed by atoms with Crippen LogP contribution in [0.1, 0.15) is 72.1 Å². The Morgan fingerprint density at radius 2 is 1.66 bits per heavy atom. The van der Waals surface area contributed by atoms with Gasteiger partial charge in [0, 0.05) is 18.3 Å². The minimum Gasteiger partial charge on any atom is -0.393 e. The topological polar surface area (TPSA) is 132 Å². The molecule has 0 unspecified atom stereocenters. The normalized spacial score (nSPS) is 46.7. The summed E-state index contributed by atoms with van der Waals surface area (Å²) >= 11 is 0. The number of aliphatic hydroxyl groups excluding tert-OH is 1. The van der Waals surface area contributed by atoms with Crippen LogP contribution in [0.4, 0.5) is 0 Å². The van der Waals surface area contributed by atoms with Crippen molar-refractivity contribution in [2.45, 2.75) is 78.2 Å². The van der Waals surface area contributed by atoms with E-state index >= 15 is 0 Å². The molecule has 0 aromatic carbocycles. The van der Waals surface area contributed by atoms with Gasteiger partial charge >= 0.3 is 7.82 Å². The summed E-state index contributed by atoms with van der Waals surface area (Å²) in [4.78, 5) is 47.0. The Hall–Kier alpha value is -0.590. The first-order valence-electron chi connectivity index (χ1n) is 10.8. The Balaban J connectivity index is 0.000000431. The molecule has 0 aliphatic heterocycles. The zero-order valence-corrected chi connectivity index (χ0v) is 18.5. The van der Waals surface area contributed by atoms with E-state index in [1.54, 1.807) is 6.92 Å². The van der Waals surface area contributed by atoms with Gasteiger partial charge in [-0.2, -0.15) is 0 Å². The van der Waals surface area contributed by atoms with Gasteiger partial charge in [-0.15, -0.1) is 0 Å². The van der Waals surface area contributed by atoms with Crippen molar-refractivity contribution in [2.75, 3.05) is 0 Å². The van der Waals surface area contributed by atoms with Crippen LogP contribution in [0, 0.1) is 40.4 Å². The average Bonchev–Trinajstić information content (AvgIpc) is 2.90. The smallest absolute Gasteiger partial charge is 0.393 e. The highest BCUT2D eigenvalue weighted by Crippen LogP contribution is 2.66. The van der Waals surface area contributed by atoms with Crippen LogP contribution in [-0.4, -0.2) is 37.5 Å². The minimum atomic E-state index is -4.64. The molecule has 0 bridgehead atoms. The predicted octanol–water partition coefficient (Wildman–Crippen LogP) is 2.85. The van der Waals surface area contributed by atoms with Gasteiger partial charge < -0.3 is 19.8 Å². The second-order valence-corrected chi connectivity index (χ2v) is 11.4. The van der Waals surface area contributed by atoms with E-state index in [9.17, 15) is 14.7 Å². The molecule has 4 N–H and O–H groups in total. The summed E-state index contributed by atoms with van der Waals surface area (Å²) in [7, 11) is -4.64. The van der Waals surface area contributed by atoms with Crippen LogP contribution >= 0.6 is 7.82 Å². The zero-order valence-electron chi connectivity index (χ0n) is 17.6. The Labute approximate surface area is 172 Å². The molecule has 4 rings (SSSR count). The lowest BCUT2D eigenvalue weighted by Gasteiger charge is -2.59. The molecule has 4 aliphatic carbocycles. The molecule has 7 nitrogen and oxygen atoms in total. The third kappa shape index (κ3) is 4.27. The molecule has 166 valence electrons. The van der Waals surface area contributed by atoms with E-state index < -0.39 is 7.82 Å². The fraction of sp³-hybridized carbons (Fsp3) is 0.905. The summed E-state index contributed by atoms with van der Waals surface area (Å²) in [5.74, 6) is 2.48. The summed E-state index contributed by atoms with van der Waals surface area (Å²) < 4.78 is 8.88. The van der Waals surface area contributed by atoms with E-state index in [-0.39, 0.29) is 34.6 Å². The molecular formula is C21H35O7P. The second-order valence-electron chi connectivity index (χ2n) is 10.4. The molecule has 0 aromatic rings. The van der Waals surface area contributed by atoms with Crippen LogP contribution in [0.3, 0.4) is 0 Å². The molecule has 8 atom stereocenters. The second kappa shape index (κ2) is 7.83. The highest BCUT2D eigenvalue weighted by molar-refractivity contribution is 7.45. The van der Waals surface area contributed by atoms with Gasteiger partial charge in [-0.1, -0.05) is 13.8 Å². The average molecular weight is 430 g/mol. The fourth-order valence-corrected chi connectivity index (χ4v) is 7.72. The molecule has 0 aromatic heterocycles. The van der Waals surface area contributed by atoms with Gasteiger partial charge in [0.2, 0.25) is 0 Å². The first-order valence-corrected chi connectivity index (χ1v) is 12.3. The molecule has 0 radical (unpaired) electrons. The van der Waals surface area contributed by atoms with Crippen molar-refractivity contribution in [1.82, 2.24) is 0 Å². The summed E-state index contributed by atoms with van der Waals surface area (Å²) in [6.07, 6.45) is 7.53. The summed E-state index contributed by atoms with van der Waals surface area (Å²) in [5.41, 5.74) is -0.0175. The number of hydrogen-bond donors (Lipinski definition) is 4. The van der Waals surface area contributed by atoms with Crippen LogP contribution in [-0.2, 0) is 14.2 Å². The lowest BCUT2D eigenvalue weighted by molar-refractivity contribution is -0.162. The first kappa shape index (κ1) is 23.1. The third-order valence-corrected chi connectivity index (χ3v) is 8.81. The predicted molar refractivity (Wildman–Crippen MR) is 107 cm³/mol. The number of Topliss-reactive ketones (excluding diaryl/α,β-unsaturated/α-hetero) is 2. The summed E-state index contributed by atoms with van der Waals surface area (Å²) in [5, 5.41) is 10.1. The summed E-state index contributed by atoms with van der Waals surface area (Å²) in [6.45, 7) is 6.28. The van der Waals surface area contributed by atoms with Gasteiger partial charge in [0.05, 0.1) is 6.10 Å². The number of ketones is 2. The molecule has 4 fully saturated rings. The van der Waals surface area contributed by atoms with Crippen molar-refractivity contribution in [3.05, 3.63) is 0 Å². The lowest BCUT2D eigenvalue weighted by atomic mass is 9.44. The highest BCUT2D eigenvalue weighted by atomic mass is 31.2. The van der Waals surface area contributed by atoms with E-state index in [1.165, 1.54) is 0 Å². The molecule has 4 aliphatic rings. The molecule has 4 saturated carbocycles. The number of aliphatic hydroxyl groups is 1. The Kier molecular flexibility index (Phi) is 6.23. The van der Waals surface area contributed by atoms with E-state index in [0.717, 1.165) is 44.9 Å². The van der Waals surface area contributed by atoms with Crippen molar-refractivity contribution in [3.63, 3.8) is 0 Å². The van der Waals surface area contributed by atoms with E-state index in [4.69, 9.17) is 19.2 Å². The van der Waals surface area contributed by atoms with Gasteiger partial charge in [0.25, 0.3) is 0 Å². The zero-order chi connectivity index (χ0) is 21.8. The van der Waals surface area contributed by atoms with Crippen LogP contribution < -0.4 is 0 Å². The largest absolute Gasteiger partial charge is 0.466 e. The van der Waals surface area contributed by atoms with E-state index in [0.29, 0.717) is 30.0 Å². The Bertz CT molecular complexity index is 710. The Morgan fingerprint density at radius 1 is 1.03 bits per heavy atom. The number of carbonyl (C=O) groups is 2. The van der Waals surface area contributed by atoms with Crippen molar-refractivity contribution in [1.29, 1.82) is 0 Å². The van der Waals surface area contributed by atoms with E-state index in [2.05, 4.69) is 13.8 Å². The fourth-order valence-electron chi connectivity index (χ4n) is 7.72. The maximum absolute atomic E-state index is 13.3. The number of fused-ring (bicyclic) bond motifs is 5. The van der Waals surface area contributed by atoms with Crippen molar-refractivity contribution in [3.8, 4) is 0 Å². The molecule has 0 heterocycles. The summed E-state index contributed by atoms with van der Waals surface area (Å²) in [6, 6.07) is 0. The number of rotatable bonds is 1. The van der Waals surface area contributed by atoms with Gasteiger partial charge in [-0.25, -0.2) is 4.57 Å². The molecule has 29 heavy (non-hydrogen) atoms. The van der Waals surface area contributed by atoms with Gasteiger partial charge in [-0.05, 0) is 80.5 Å². The van der Waals surface area contributed by atoms with Crippen molar-refractivity contribution < 1.29 is 33.9 Å². The monoisotopic (exact) mass is 430 g/mol. The van der Waals surface area contributed by atoms with Gasteiger partial charge in [0.15, 0.2) is 0 Å².